The van der Waals surface area contributed by atoms with Crippen molar-refractivity contribution in [2.75, 3.05) is 33.8 Å². The molecule has 0 atom stereocenters. The van der Waals surface area contributed by atoms with Gasteiger partial charge in [-0.2, -0.15) is 0 Å². The highest BCUT2D eigenvalue weighted by Crippen LogP contribution is 2.40. The Morgan fingerprint density at radius 3 is 2.78 bits per heavy atom. The van der Waals surface area contributed by atoms with Crippen molar-refractivity contribution >= 4 is 0 Å². The molecule has 3 rings (SSSR count). The van der Waals surface area contributed by atoms with Crippen molar-refractivity contribution in [2.24, 2.45) is 0 Å². The lowest BCUT2D eigenvalue weighted by molar-refractivity contribution is 0.176. The molecule has 2 aliphatic heterocycles. The van der Waals surface area contributed by atoms with Gasteiger partial charge in [-0.15, -0.1) is 0 Å². The Bertz CT molecular complexity index is 436. The molecule has 0 aromatic heterocycles. The van der Waals surface area contributed by atoms with E-state index in [9.17, 15) is 0 Å². The van der Waals surface area contributed by atoms with Crippen molar-refractivity contribution in [3.63, 3.8) is 0 Å². The highest BCUT2D eigenvalue weighted by Gasteiger charge is 2.38. The van der Waals surface area contributed by atoms with Crippen molar-refractivity contribution in [3.8, 4) is 5.75 Å². The van der Waals surface area contributed by atoms with Crippen molar-refractivity contribution in [3.05, 3.63) is 29.3 Å². The highest BCUT2D eigenvalue weighted by molar-refractivity contribution is 5.43. The first-order valence-electron chi connectivity index (χ1n) is 6.80. The van der Waals surface area contributed by atoms with Crippen LogP contribution in [-0.4, -0.2) is 38.7 Å². The zero-order valence-electron chi connectivity index (χ0n) is 11.3. The minimum Gasteiger partial charge on any atom is -0.497 e. The van der Waals surface area contributed by atoms with Gasteiger partial charge in [-0.1, -0.05) is 6.07 Å². The largest absolute Gasteiger partial charge is 0.497 e. The van der Waals surface area contributed by atoms with Gasteiger partial charge in [-0.05, 0) is 56.2 Å². The van der Waals surface area contributed by atoms with Crippen molar-refractivity contribution in [1.29, 1.82) is 0 Å². The zero-order chi connectivity index (χ0) is 12.6. The number of fused-ring (bicyclic) bond motifs is 2. The molecule has 3 heteroatoms. The minimum atomic E-state index is 0.328. The molecule has 1 aromatic rings. The van der Waals surface area contributed by atoms with E-state index in [1.165, 1.54) is 37.1 Å². The van der Waals surface area contributed by atoms with Gasteiger partial charge in [0.2, 0.25) is 0 Å². The predicted octanol–water partition coefficient (Wildman–Crippen LogP) is 1.76. The molecule has 0 bridgehead atoms. The molecule has 0 radical (unpaired) electrons. The van der Waals surface area contributed by atoms with E-state index in [0.717, 1.165) is 18.8 Å². The second-order valence-corrected chi connectivity index (χ2v) is 5.71. The molecule has 0 aliphatic carbocycles. The maximum atomic E-state index is 5.40. The molecule has 1 N–H and O–H groups in total. The highest BCUT2D eigenvalue weighted by atomic mass is 16.5. The van der Waals surface area contributed by atoms with Crippen LogP contribution in [0.3, 0.4) is 0 Å². The SMILES string of the molecule is COc1ccc2c(c1)C1(CCN(C)CC1)CNC2. The quantitative estimate of drug-likeness (QED) is 0.817. The summed E-state index contributed by atoms with van der Waals surface area (Å²) in [6.45, 7) is 4.49. The Balaban J connectivity index is 1.99. The van der Waals surface area contributed by atoms with Crippen LogP contribution in [-0.2, 0) is 12.0 Å². The average molecular weight is 246 g/mol. The summed E-state index contributed by atoms with van der Waals surface area (Å²) in [4.78, 5) is 2.43. The van der Waals surface area contributed by atoms with Gasteiger partial charge in [0, 0.05) is 18.5 Å². The number of likely N-dealkylation sites (tertiary alicyclic amines) is 1. The van der Waals surface area contributed by atoms with Gasteiger partial charge < -0.3 is 15.0 Å². The van der Waals surface area contributed by atoms with Gasteiger partial charge in [0.25, 0.3) is 0 Å². The normalized spacial score (nSPS) is 22.8. The van der Waals surface area contributed by atoms with E-state index in [0.29, 0.717) is 5.41 Å². The third-order valence-corrected chi connectivity index (χ3v) is 4.61. The summed E-state index contributed by atoms with van der Waals surface area (Å²) in [5.74, 6) is 0.994. The van der Waals surface area contributed by atoms with Crippen molar-refractivity contribution < 1.29 is 4.74 Å². The van der Waals surface area contributed by atoms with Gasteiger partial charge in [0.05, 0.1) is 7.11 Å². The van der Waals surface area contributed by atoms with Crippen LogP contribution in [0.2, 0.25) is 0 Å². The zero-order valence-corrected chi connectivity index (χ0v) is 11.3. The summed E-state index contributed by atoms with van der Waals surface area (Å²) in [5, 5.41) is 3.59. The molecule has 1 fully saturated rings. The molecule has 2 aliphatic rings. The lowest BCUT2D eigenvalue weighted by atomic mass is 9.69. The minimum absolute atomic E-state index is 0.328. The fourth-order valence-electron chi connectivity index (χ4n) is 3.35. The number of nitrogens with one attached hydrogen (secondary N) is 1. The van der Waals surface area contributed by atoms with E-state index in [2.05, 4.69) is 35.5 Å². The average Bonchev–Trinajstić information content (AvgIpc) is 2.42. The summed E-state index contributed by atoms with van der Waals surface area (Å²) >= 11 is 0. The topological polar surface area (TPSA) is 24.5 Å². The van der Waals surface area contributed by atoms with Crippen molar-refractivity contribution in [2.45, 2.75) is 24.8 Å². The van der Waals surface area contributed by atoms with E-state index in [4.69, 9.17) is 4.74 Å². The van der Waals surface area contributed by atoms with E-state index in [1.807, 2.05) is 0 Å². The van der Waals surface area contributed by atoms with Gasteiger partial charge in [0.15, 0.2) is 0 Å². The van der Waals surface area contributed by atoms with Crippen LogP contribution in [0.5, 0.6) is 5.75 Å². The van der Waals surface area contributed by atoms with Crippen LogP contribution in [0.1, 0.15) is 24.0 Å². The summed E-state index contributed by atoms with van der Waals surface area (Å²) < 4.78 is 5.40. The molecule has 98 valence electrons. The molecule has 0 amide bonds. The summed E-state index contributed by atoms with van der Waals surface area (Å²) in [6.07, 6.45) is 2.49. The number of methoxy groups -OCH3 is 1. The molecule has 1 spiro atoms. The Morgan fingerprint density at radius 2 is 2.06 bits per heavy atom. The number of benzene rings is 1. The first-order chi connectivity index (χ1) is 8.73. The maximum Gasteiger partial charge on any atom is 0.119 e. The van der Waals surface area contributed by atoms with E-state index in [1.54, 1.807) is 7.11 Å². The van der Waals surface area contributed by atoms with Gasteiger partial charge in [0.1, 0.15) is 5.75 Å². The molecule has 18 heavy (non-hydrogen) atoms. The molecular formula is C15H22N2O. The second-order valence-electron chi connectivity index (χ2n) is 5.71. The Hall–Kier alpha value is -1.06. The van der Waals surface area contributed by atoms with Crippen LogP contribution in [0.25, 0.3) is 0 Å². The third kappa shape index (κ3) is 1.91. The van der Waals surface area contributed by atoms with Gasteiger partial charge in [-0.3, -0.25) is 0 Å². The summed E-state index contributed by atoms with van der Waals surface area (Å²) in [6, 6.07) is 6.57. The van der Waals surface area contributed by atoms with Crippen LogP contribution in [0.15, 0.2) is 18.2 Å². The number of piperidine rings is 1. The van der Waals surface area contributed by atoms with E-state index >= 15 is 0 Å². The smallest absolute Gasteiger partial charge is 0.119 e. The molecular weight excluding hydrogens is 224 g/mol. The Kier molecular flexibility index (Phi) is 3.04. The van der Waals surface area contributed by atoms with Crippen LogP contribution < -0.4 is 10.1 Å². The molecule has 2 heterocycles. The number of hydrogen-bond acceptors (Lipinski definition) is 3. The molecule has 1 aromatic carbocycles. The van der Waals surface area contributed by atoms with Gasteiger partial charge >= 0.3 is 0 Å². The number of ether oxygens (including phenoxy) is 1. The van der Waals surface area contributed by atoms with Gasteiger partial charge in [-0.25, -0.2) is 0 Å². The van der Waals surface area contributed by atoms with Crippen LogP contribution in [0, 0.1) is 0 Å². The first-order valence-corrected chi connectivity index (χ1v) is 6.80. The fourth-order valence-corrected chi connectivity index (χ4v) is 3.35. The molecule has 0 unspecified atom stereocenters. The number of hydrogen-bond donors (Lipinski definition) is 1. The van der Waals surface area contributed by atoms with E-state index < -0.39 is 0 Å². The Morgan fingerprint density at radius 1 is 1.28 bits per heavy atom. The monoisotopic (exact) mass is 246 g/mol. The predicted molar refractivity (Wildman–Crippen MR) is 73.1 cm³/mol. The summed E-state index contributed by atoms with van der Waals surface area (Å²) in [5.41, 5.74) is 3.30. The lowest BCUT2D eigenvalue weighted by Gasteiger charge is -2.45. The number of rotatable bonds is 1. The maximum absolute atomic E-state index is 5.40. The fraction of sp³-hybridized carbons (Fsp3) is 0.600. The third-order valence-electron chi connectivity index (χ3n) is 4.61. The molecule has 3 nitrogen and oxygen atoms in total. The van der Waals surface area contributed by atoms with E-state index in [-0.39, 0.29) is 0 Å². The standard InChI is InChI=1S/C15H22N2O/c1-17-7-5-15(6-8-17)11-16-10-12-3-4-13(18-2)9-14(12)15/h3-4,9,16H,5-8,10-11H2,1-2H3. The van der Waals surface area contributed by atoms with Crippen LogP contribution in [0.4, 0.5) is 0 Å². The summed E-state index contributed by atoms with van der Waals surface area (Å²) in [7, 11) is 3.97. The lowest BCUT2D eigenvalue weighted by Crippen LogP contribution is -2.49. The molecule has 1 saturated heterocycles. The molecule has 0 saturated carbocycles. The van der Waals surface area contributed by atoms with Crippen molar-refractivity contribution in [1.82, 2.24) is 10.2 Å². The Labute approximate surface area is 109 Å². The number of nitrogens with zero attached hydrogens (tertiary/aromatic N) is 1. The van der Waals surface area contributed by atoms with Crippen LogP contribution >= 0.6 is 0 Å². The first kappa shape index (κ1) is 12.0. The second kappa shape index (κ2) is 4.56.